The Kier molecular flexibility index (Phi) is 6.90. The predicted molar refractivity (Wildman–Crippen MR) is 124 cm³/mol. The molecule has 2 aromatic heterocycles. The number of hydrogen-bond donors (Lipinski definition) is 1. The number of halogens is 3. The summed E-state index contributed by atoms with van der Waals surface area (Å²) in [5.74, 6) is 0.325. The molecule has 0 aliphatic carbocycles. The number of ether oxygens (including phenoxy) is 1. The average Bonchev–Trinajstić information content (AvgIpc) is 3.31. The normalized spacial score (nSPS) is 12.0. The molecule has 4 rings (SSSR count). The maximum Gasteiger partial charge on any atom is 0.435 e. The van der Waals surface area contributed by atoms with E-state index in [-0.39, 0.29) is 17.1 Å². The highest BCUT2D eigenvalue weighted by atomic mass is 32.2. The van der Waals surface area contributed by atoms with Crippen molar-refractivity contribution in [3.05, 3.63) is 90.3 Å². The summed E-state index contributed by atoms with van der Waals surface area (Å²) in [5, 5.41) is 3.75. The van der Waals surface area contributed by atoms with Gasteiger partial charge in [0.15, 0.2) is 5.69 Å². The van der Waals surface area contributed by atoms with Crippen LogP contribution in [0.5, 0.6) is 5.88 Å². The van der Waals surface area contributed by atoms with Gasteiger partial charge in [0.2, 0.25) is 15.9 Å². The Morgan fingerprint density at radius 1 is 1.00 bits per heavy atom. The fraction of sp³-hybridized carbons (Fsp3) is 0.167. The van der Waals surface area contributed by atoms with E-state index in [1.165, 1.54) is 36.2 Å². The minimum absolute atomic E-state index is 0.171. The van der Waals surface area contributed by atoms with Gasteiger partial charge < -0.3 is 4.74 Å². The van der Waals surface area contributed by atoms with Gasteiger partial charge in [-0.05, 0) is 36.2 Å². The number of alkyl halides is 3. The molecular formula is C24H21F3N4O3S. The van der Waals surface area contributed by atoms with Gasteiger partial charge in [0.25, 0.3) is 0 Å². The topological polar surface area (TPSA) is 86.1 Å². The highest BCUT2D eigenvalue weighted by Gasteiger charge is 2.35. The minimum Gasteiger partial charge on any atom is -0.481 e. The first-order chi connectivity index (χ1) is 16.7. The SMILES string of the molecule is COc1ccc(-n2nc(C(F)(F)F)cc2-c2ccc(CCNS(=O)(=O)c3ccccc3)cc2)cn1. The van der Waals surface area contributed by atoms with Crippen molar-refractivity contribution >= 4 is 10.0 Å². The zero-order chi connectivity index (χ0) is 25.1. The van der Waals surface area contributed by atoms with Gasteiger partial charge >= 0.3 is 6.18 Å². The quantitative estimate of drug-likeness (QED) is 0.384. The van der Waals surface area contributed by atoms with Gasteiger partial charge in [-0.2, -0.15) is 18.3 Å². The Morgan fingerprint density at radius 2 is 1.71 bits per heavy atom. The molecular weight excluding hydrogens is 481 g/mol. The number of rotatable bonds is 8. The molecule has 0 saturated heterocycles. The molecule has 182 valence electrons. The van der Waals surface area contributed by atoms with Crippen LogP contribution in [0.2, 0.25) is 0 Å². The molecule has 1 N–H and O–H groups in total. The molecule has 0 aliphatic heterocycles. The highest BCUT2D eigenvalue weighted by Crippen LogP contribution is 2.33. The van der Waals surface area contributed by atoms with Crippen LogP contribution in [0.15, 0.2) is 83.9 Å². The lowest BCUT2D eigenvalue weighted by molar-refractivity contribution is -0.141. The van der Waals surface area contributed by atoms with Crippen molar-refractivity contribution < 1.29 is 26.3 Å². The van der Waals surface area contributed by atoms with Crippen LogP contribution in [-0.4, -0.2) is 36.8 Å². The molecule has 0 saturated carbocycles. The van der Waals surface area contributed by atoms with E-state index in [0.29, 0.717) is 23.6 Å². The van der Waals surface area contributed by atoms with Gasteiger partial charge in [-0.25, -0.2) is 22.8 Å². The van der Waals surface area contributed by atoms with Crippen LogP contribution in [0.3, 0.4) is 0 Å². The van der Waals surface area contributed by atoms with E-state index in [1.807, 2.05) is 0 Å². The highest BCUT2D eigenvalue weighted by molar-refractivity contribution is 7.89. The van der Waals surface area contributed by atoms with E-state index in [2.05, 4.69) is 14.8 Å². The maximum absolute atomic E-state index is 13.4. The maximum atomic E-state index is 13.4. The smallest absolute Gasteiger partial charge is 0.435 e. The summed E-state index contributed by atoms with van der Waals surface area (Å²) < 4.78 is 73.6. The third-order valence-corrected chi connectivity index (χ3v) is 6.66. The first kappa shape index (κ1) is 24.4. The second-order valence-corrected chi connectivity index (χ2v) is 9.31. The van der Waals surface area contributed by atoms with Gasteiger partial charge in [0.05, 0.1) is 29.6 Å². The second kappa shape index (κ2) is 9.88. The fourth-order valence-corrected chi connectivity index (χ4v) is 4.45. The van der Waals surface area contributed by atoms with Crippen LogP contribution in [0, 0.1) is 0 Å². The van der Waals surface area contributed by atoms with Crippen LogP contribution in [0.1, 0.15) is 11.3 Å². The second-order valence-electron chi connectivity index (χ2n) is 7.54. The average molecular weight is 503 g/mol. The number of nitrogens with one attached hydrogen (secondary N) is 1. The van der Waals surface area contributed by atoms with Crippen molar-refractivity contribution in [2.24, 2.45) is 0 Å². The Bertz CT molecular complexity index is 1390. The summed E-state index contributed by atoms with van der Waals surface area (Å²) in [4.78, 5) is 4.23. The van der Waals surface area contributed by atoms with Crippen molar-refractivity contribution in [2.45, 2.75) is 17.5 Å². The van der Waals surface area contributed by atoms with E-state index >= 15 is 0 Å². The van der Waals surface area contributed by atoms with Crippen LogP contribution >= 0.6 is 0 Å². The van der Waals surface area contributed by atoms with Crippen LogP contribution in [0.4, 0.5) is 13.2 Å². The number of pyridine rings is 1. The van der Waals surface area contributed by atoms with E-state index in [4.69, 9.17) is 4.74 Å². The van der Waals surface area contributed by atoms with Crippen molar-refractivity contribution in [2.75, 3.05) is 13.7 Å². The summed E-state index contributed by atoms with van der Waals surface area (Å²) in [5.41, 5.74) is 0.884. The number of hydrogen-bond acceptors (Lipinski definition) is 5. The molecule has 2 heterocycles. The molecule has 0 bridgehead atoms. The molecule has 11 heteroatoms. The first-order valence-corrected chi connectivity index (χ1v) is 12.0. The zero-order valence-electron chi connectivity index (χ0n) is 18.5. The van der Waals surface area contributed by atoms with Gasteiger partial charge in [0.1, 0.15) is 0 Å². The molecule has 35 heavy (non-hydrogen) atoms. The standard InChI is InChI=1S/C24H21F3N4O3S/c1-34-23-12-11-19(16-28-23)31-21(15-22(30-31)24(25,26)27)18-9-7-17(8-10-18)13-14-29-35(32,33)20-5-3-2-4-6-20/h2-12,15-16,29H,13-14H2,1H3. The lowest BCUT2D eigenvalue weighted by Crippen LogP contribution is -2.25. The Hall–Kier alpha value is -3.70. The summed E-state index contributed by atoms with van der Waals surface area (Å²) in [7, 11) is -2.18. The van der Waals surface area contributed by atoms with E-state index in [9.17, 15) is 21.6 Å². The predicted octanol–water partition coefficient (Wildman–Crippen LogP) is 4.48. The van der Waals surface area contributed by atoms with Gasteiger partial charge in [0, 0.05) is 18.2 Å². The molecule has 0 radical (unpaired) electrons. The van der Waals surface area contributed by atoms with Crippen LogP contribution in [0.25, 0.3) is 16.9 Å². The summed E-state index contributed by atoms with van der Waals surface area (Å²) in [6.07, 6.45) is -2.83. The van der Waals surface area contributed by atoms with E-state index < -0.39 is 21.9 Å². The number of aromatic nitrogens is 3. The van der Waals surface area contributed by atoms with Gasteiger partial charge in [-0.3, -0.25) is 0 Å². The van der Waals surface area contributed by atoms with Crippen molar-refractivity contribution in [3.8, 4) is 22.8 Å². The monoisotopic (exact) mass is 502 g/mol. The largest absolute Gasteiger partial charge is 0.481 e. The minimum atomic E-state index is -4.62. The van der Waals surface area contributed by atoms with Gasteiger partial charge in [-0.15, -0.1) is 0 Å². The third kappa shape index (κ3) is 5.69. The third-order valence-electron chi connectivity index (χ3n) is 5.18. The fourth-order valence-electron chi connectivity index (χ4n) is 3.40. The van der Waals surface area contributed by atoms with E-state index in [1.54, 1.807) is 48.5 Å². The molecule has 0 spiro atoms. The molecule has 2 aromatic carbocycles. The Balaban J connectivity index is 1.54. The lowest BCUT2D eigenvalue weighted by atomic mass is 10.1. The number of nitrogens with zero attached hydrogens (tertiary/aromatic N) is 3. The first-order valence-electron chi connectivity index (χ1n) is 10.5. The van der Waals surface area contributed by atoms with Crippen LogP contribution in [-0.2, 0) is 22.6 Å². The summed E-state index contributed by atoms with van der Waals surface area (Å²) in [6.45, 7) is 0.171. The number of sulfonamides is 1. The summed E-state index contributed by atoms with van der Waals surface area (Å²) in [6, 6.07) is 18.9. The van der Waals surface area contributed by atoms with Crippen molar-refractivity contribution in [1.29, 1.82) is 0 Å². The lowest BCUT2D eigenvalue weighted by Gasteiger charge is -2.09. The molecule has 7 nitrogen and oxygen atoms in total. The molecule has 0 fully saturated rings. The number of benzene rings is 2. The molecule has 0 atom stereocenters. The molecule has 4 aromatic rings. The number of methoxy groups -OCH3 is 1. The summed E-state index contributed by atoms with van der Waals surface area (Å²) >= 11 is 0. The Morgan fingerprint density at radius 3 is 2.31 bits per heavy atom. The Labute approximate surface area is 200 Å². The van der Waals surface area contributed by atoms with Crippen molar-refractivity contribution in [1.82, 2.24) is 19.5 Å². The zero-order valence-corrected chi connectivity index (χ0v) is 19.3. The molecule has 0 unspecified atom stereocenters. The van der Waals surface area contributed by atoms with Gasteiger partial charge in [-0.1, -0.05) is 42.5 Å². The van der Waals surface area contributed by atoms with Crippen molar-refractivity contribution in [3.63, 3.8) is 0 Å². The molecule has 0 aliphatic rings. The van der Waals surface area contributed by atoms with E-state index in [0.717, 1.165) is 11.6 Å². The molecule has 0 amide bonds. The van der Waals surface area contributed by atoms with Crippen LogP contribution < -0.4 is 9.46 Å².